The molecule has 0 bridgehead atoms. The number of alkyl carbamates (subject to hydrolysis) is 3. The first-order valence-electron chi connectivity index (χ1n) is 39.5. The summed E-state index contributed by atoms with van der Waals surface area (Å²) in [6.07, 6.45) is 4.39. The van der Waals surface area contributed by atoms with E-state index in [0.717, 1.165) is 84.4 Å². The van der Waals surface area contributed by atoms with Crippen LogP contribution in [-0.2, 0) is 47.4 Å². The number of rotatable bonds is 36. The summed E-state index contributed by atoms with van der Waals surface area (Å²) in [6, 6.07) is 33.1. The first kappa shape index (κ1) is 96.3. The fourth-order valence-electron chi connectivity index (χ4n) is 13.7. The molecule has 3 saturated heterocycles. The summed E-state index contributed by atoms with van der Waals surface area (Å²) in [5, 5.41) is 23.8. The maximum Gasteiger partial charge on any atom is 0.410 e. The SMILES string of the molecule is CN[C@H](CNC(=O)c1cccc([C@@H](OCCNC(=O)OC)c2cc(F)cc(Cl)c2)c1)C[C@H]1CCCOC1.CN[C@H](CNC(=O)c1cccc([C@H](OCCNC(=O)OC)c2cc(F)cc(Cl)c2)c1)C[C@H]1CCCOC1.COC(=O)NCCOC(c1cc(F)cc(Cl)c1)c1cccc(C(=O)NC[C@H](C[C@H]2CCCOC2)N(C)C(=O)OC(C)(C)C)c1. The molecule has 0 spiro atoms. The van der Waals surface area contributed by atoms with Crippen LogP contribution in [0.3, 0.4) is 0 Å². The lowest BCUT2D eigenvalue weighted by molar-refractivity contribution is 0.0112. The Labute approximate surface area is 704 Å². The number of carbonyl (C=O) groups is 7. The molecule has 1 unspecified atom stereocenters. The quantitative estimate of drug-likeness (QED) is 0.0134. The first-order valence-corrected chi connectivity index (χ1v) is 40.6. The van der Waals surface area contributed by atoms with Gasteiger partial charge in [-0.25, -0.2) is 32.3 Å². The van der Waals surface area contributed by atoms with Gasteiger partial charge < -0.3 is 94.8 Å². The first-order chi connectivity index (χ1) is 56.6. The van der Waals surface area contributed by atoms with Gasteiger partial charge in [0.1, 0.15) is 41.4 Å². The van der Waals surface area contributed by atoms with Gasteiger partial charge in [-0.2, -0.15) is 0 Å². The van der Waals surface area contributed by atoms with Crippen molar-refractivity contribution in [1.82, 2.24) is 47.4 Å². The second-order valence-corrected chi connectivity index (χ2v) is 31.1. The van der Waals surface area contributed by atoms with Crippen molar-refractivity contribution in [2.45, 2.75) is 121 Å². The molecule has 0 aromatic heterocycles. The van der Waals surface area contributed by atoms with Gasteiger partial charge in [-0.15, -0.1) is 0 Å². The Bertz CT molecular complexity index is 3930. The molecule has 26 nitrogen and oxygen atoms in total. The molecule has 0 radical (unpaired) electrons. The average Bonchev–Trinajstić information content (AvgIpc) is 0.827. The Hall–Kier alpha value is -8.85. The third kappa shape index (κ3) is 34.1. The molecule has 646 valence electrons. The summed E-state index contributed by atoms with van der Waals surface area (Å²) in [5.41, 5.74) is 3.91. The summed E-state index contributed by atoms with van der Waals surface area (Å²) in [7, 11) is 9.26. The van der Waals surface area contributed by atoms with Crippen LogP contribution in [0.1, 0.15) is 161 Å². The van der Waals surface area contributed by atoms with Crippen molar-refractivity contribution in [1.29, 1.82) is 0 Å². The van der Waals surface area contributed by atoms with Crippen molar-refractivity contribution in [3.63, 3.8) is 0 Å². The number of carbonyl (C=O) groups excluding carboxylic acids is 7. The molecule has 8 N–H and O–H groups in total. The van der Waals surface area contributed by atoms with Crippen molar-refractivity contribution in [2.75, 3.05) is 141 Å². The topological polar surface area (TPSA) is 311 Å². The van der Waals surface area contributed by atoms with E-state index in [2.05, 4.69) is 56.7 Å². The van der Waals surface area contributed by atoms with Crippen LogP contribution in [0.25, 0.3) is 0 Å². The Kier molecular flexibility index (Phi) is 41.6. The van der Waals surface area contributed by atoms with Crippen molar-refractivity contribution in [3.05, 3.63) is 210 Å². The van der Waals surface area contributed by atoms with Crippen molar-refractivity contribution in [2.24, 2.45) is 17.8 Å². The van der Waals surface area contributed by atoms with Crippen LogP contribution in [-0.4, -0.2) is 212 Å². The lowest BCUT2D eigenvalue weighted by Gasteiger charge is -2.34. The van der Waals surface area contributed by atoms with E-state index in [0.29, 0.717) is 88.0 Å². The highest BCUT2D eigenvalue weighted by Gasteiger charge is 2.31. The molecule has 9 atom stereocenters. The van der Waals surface area contributed by atoms with Gasteiger partial charge >= 0.3 is 24.4 Å². The zero-order valence-corrected chi connectivity index (χ0v) is 70.7. The standard InChI is InChI=1S/C32H43ClFN3O7.2C27H35ClFN3O5/c1-32(2,3)44-31(40)37(4)27(14-21-8-7-12-42-20-21)19-36-29(38)23-10-6-9-22(15-23)28(43-13-11-35-30(39)41-5)24-16-25(33)18-26(34)17-24;2*1-30-24(11-18-5-4-9-36-17-18)16-32-26(33)20-7-3-6-19(12-20)25(37-10-8-31-27(34)35-2)21-13-22(28)15-23(29)14-21/h6,9-10,15-18,21,27-28H,7-8,11-14,19-20H2,1-5H3,(H,35,39)(H,36,38);2*3,6-7,12-15,18,24-25,30H,4-5,8-11,16-17H2,1-2H3,(H,31,34)(H,32,33)/t21-,27+,28?;18-,24+,25+;18-,24+,25-/m111/s1. The number of nitrogens with one attached hydrogen (secondary N) is 8. The van der Waals surface area contributed by atoms with Crippen molar-refractivity contribution < 1.29 is 94.1 Å². The molecule has 9 rings (SSSR count). The highest BCUT2D eigenvalue weighted by molar-refractivity contribution is 6.31. The number of hydrogen-bond acceptors (Lipinski definition) is 19. The maximum absolute atomic E-state index is 14.3. The number of nitrogens with zero attached hydrogens (tertiary/aromatic N) is 1. The van der Waals surface area contributed by atoms with E-state index in [4.69, 9.17) is 68.0 Å². The lowest BCUT2D eigenvalue weighted by atomic mass is 9.93. The molecule has 0 aliphatic carbocycles. The second kappa shape index (κ2) is 50.9. The number of ether oxygens (including phenoxy) is 10. The Morgan fingerprint density at radius 2 is 0.771 bits per heavy atom. The molecule has 3 fully saturated rings. The minimum Gasteiger partial charge on any atom is -0.453 e. The van der Waals surface area contributed by atoms with E-state index in [1.807, 2.05) is 34.9 Å². The minimum absolute atomic E-state index is 0.0773. The van der Waals surface area contributed by atoms with Gasteiger partial charge in [0.15, 0.2) is 0 Å². The molecule has 3 aliphatic heterocycles. The van der Waals surface area contributed by atoms with Gasteiger partial charge in [-0.1, -0.05) is 71.2 Å². The molecule has 6 aromatic carbocycles. The fourth-order valence-corrected chi connectivity index (χ4v) is 14.3. The number of likely N-dealkylation sites (N-methyl/N-ethyl adjacent to an activating group) is 3. The van der Waals surface area contributed by atoms with Gasteiger partial charge in [-0.05, 0) is 235 Å². The molecule has 7 amide bonds. The Balaban J connectivity index is 0.000000246. The third-order valence-corrected chi connectivity index (χ3v) is 20.3. The Morgan fingerprint density at radius 1 is 0.449 bits per heavy atom. The molecule has 3 aliphatic rings. The van der Waals surface area contributed by atoms with Gasteiger partial charge in [0, 0.05) is 130 Å². The monoisotopic (exact) mass is 1710 g/mol. The summed E-state index contributed by atoms with van der Waals surface area (Å²) < 4.78 is 96.7. The highest BCUT2D eigenvalue weighted by atomic mass is 35.5. The number of halogens is 6. The van der Waals surface area contributed by atoms with Gasteiger partial charge in [0.25, 0.3) is 17.7 Å². The molecular weight excluding hydrogens is 1590 g/mol. The van der Waals surface area contributed by atoms with E-state index < -0.39 is 65.7 Å². The van der Waals surface area contributed by atoms with Gasteiger partial charge in [0.2, 0.25) is 0 Å². The van der Waals surface area contributed by atoms with E-state index >= 15 is 0 Å². The number of benzene rings is 6. The van der Waals surface area contributed by atoms with E-state index in [1.54, 1.807) is 98.0 Å². The van der Waals surface area contributed by atoms with Gasteiger partial charge in [-0.3, -0.25) is 14.4 Å². The fraction of sp³-hybridized carbons (Fsp3) is 0.500. The van der Waals surface area contributed by atoms with Crippen LogP contribution < -0.4 is 42.5 Å². The molecule has 0 saturated carbocycles. The maximum atomic E-state index is 14.3. The van der Waals surface area contributed by atoms with Crippen molar-refractivity contribution >= 4 is 76.9 Å². The summed E-state index contributed by atoms with van der Waals surface area (Å²) >= 11 is 18.3. The molecule has 6 aromatic rings. The lowest BCUT2D eigenvalue weighted by Crippen LogP contribution is -2.48. The minimum atomic E-state index is -0.784. The largest absolute Gasteiger partial charge is 0.453 e. The average molecular weight is 1710 g/mol. The predicted octanol–water partition coefficient (Wildman–Crippen LogP) is 13.9. The normalized spacial score (nSPS) is 16.8. The summed E-state index contributed by atoms with van der Waals surface area (Å²) in [6.45, 7) is 11.9. The highest BCUT2D eigenvalue weighted by Crippen LogP contribution is 2.34. The third-order valence-electron chi connectivity index (χ3n) is 19.6. The van der Waals surface area contributed by atoms with Crippen LogP contribution in [0.4, 0.5) is 32.3 Å². The van der Waals surface area contributed by atoms with Crippen LogP contribution in [0.2, 0.25) is 15.1 Å². The van der Waals surface area contributed by atoms with Crippen LogP contribution in [0.5, 0.6) is 0 Å². The summed E-state index contributed by atoms with van der Waals surface area (Å²) in [5.74, 6) is -1.10. The molecule has 118 heavy (non-hydrogen) atoms. The number of methoxy groups -OCH3 is 3. The zero-order chi connectivity index (χ0) is 85.5. The summed E-state index contributed by atoms with van der Waals surface area (Å²) in [4.78, 5) is 87.9. The predicted molar refractivity (Wildman–Crippen MR) is 443 cm³/mol. The van der Waals surface area contributed by atoms with Crippen LogP contribution in [0.15, 0.2) is 127 Å². The van der Waals surface area contributed by atoms with Gasteiger partial charge in [0.05, 0.1) is 47.2 Å². The van der Waals surface area contributed by atoms with Crippen LogP contribution >= 0.6 is 34.8 Å². The Morgan fingerprint density at radius 3 is 1.06 bits per heavy atom. The van der Waals surface area contributed by atoms with Crippen molar-refractivity contribution in [3.8, 4) is 0 Å². The zero-order valence-electron chi connectivity index (χ0n) is 68.4. The molecular formula is C86H113Cl3F3N9O17. The smallest absolute Gasteiger partial charge is 0.410 e. The van der Waals surface area contributed by atoms with E-state index in [1.165, 1.54) is 62.6 Å². The molecule has 32 heteroatoms. The number of amides is 7. The molecule has 3 heterocycles. The second-order valence-electron chi connectivity index (χ2n) is 29.8. The van der Waals surface area contributed by atoms with E-state index in [-0.39, 0.29) is 103 Å². The number of hydrogen-bond donors (Lipinski definition) is 8. The van der Waals surface area contributed by atoms with Crippen LogP contribution in [0, 0.1) is 35.2 Å². The van der Waals surface area contributed by atoms with E-state index in [9.17, 15) is 46.7 Å².